The van der Waals surface area contributed by atoms with Crippen molar-refractivity contribution >= 4 is 17.3 Å². The summed E-state index contributed by atoms with van der Waals surface area (Å²) < 4.78 is 0. The van der Waals surface area contributed by atoms with Crippen LogP contribution in [0.3, 0.4) is 0 Å². The van der Waals surface area contributed by atoms with Gasteiger partial charge in [0.2, 0.25) is 0 Å². The molecular formula is C14H15NO2. The number of benzene rings is 1. The van der Waals surface area contributed by atoms with Gasteiger partial charge in [-0.3, -0.25) is 4.99 Å². The second-order valence-corrected chi connectivity index (χ2v) is 4.38. The van der Waals surface area contributed by atoms with Crippen LogP contribution in [-0.2, 0) is 0 Å². The first-order valence-corrected chi connectivity index (χ1v) is 5.65. The Bertz CT molecular complexity index is 515. The normalized spacial score (nSPS) is 19.5. The molecule has 0 fully saturated rings. The molecule has 0 aliphatic carbocycles. The summed E-state index contributed by atoms with van der Waals surface area (Å²) in [6.45, 7) is 4.04. The standard InChI is InChI=1S/C14H15NO2/c1-9-6-13(7-10(2)15-9)11-4-3-5-12(8-11)14(16)17/h3-6,8,10H,7H2,1-2H3,(H,16,17). The Hall–Kier alpha value is -1.90. The molecule has 0 spiro atoms. The van der Waals surface area contributed by atoms with Crippen molar-refractivity contribution in [1.29, 1.82) is 0 Å². The number of aromatic carboxylic acids is 1. The largest absolute Gasteiger partial charge is 0.478 e. The highest BCUT2D eigenvalue weighted by Crippen LogP contribution is 2.25. The molecule has 0 saturated heterocycles. The maximum Gasteiger partial charge on any atom is 0.335 e. The molecule has 0 bridgehead atoms. The molecule has 0 radical (unpaired) electrons. The van der Waals surface area contributed by atoms with Crippen molar-refractivity contribution in [2.24, 2.45) is 4.99 Å². The van der Waals surface area contributed by atoms with Crippen molar-refractivity contribution in [2.45, 2.75) is 26.3 Å². The number of allylic oxidation sites excluding steroid dienone is 1. The fourth-order valence-corrected chi connectivity index (χ4v) is 2.11. The van der Waals surface area contributed by atoms with Crippen LogP contribution < -0.4 is 0 Å². The summed E-state index contributed by atoms with van der Waals surface area (Å²) in [5.41, 5.74) is 3.47. The van der Waals surface area contributed by atoms with Gasteiger partial charge in [0.1, 0.15) is 0 Å². The first kappa shape index (κ1) is 11.6. The fourth-order valence-electron chi connectivity index (χ4n) is 2.11. The highest BCUT2D eigenvalue weighted by atomic mass is 16.4. The van der Waals surface area contributed by atoms with E-state index in [-0.39, 0.29) is 6.04 Å². The third-order valence-corrected chi connectivity index (χ3v) is 2.80. The maximum atomic E-state index is 10.9. The van der Waals surface area contributed by atoms with Crippen molar-refractivity contribution < 1.29 is 9.90 Å². The van der Waals surface area contributed by atoms with Crippen molar-refractivity contribution in [3.05, 3.63) is 41.5 Å². The number of nitrogens with zero attached hydrogens (tertiary/aromatic N) is 1. The van der Waals surface area contributed by atoms with Gasteiger partial charge in [-0.25, -0.2) is 4.79 Å². The molecule has 3 heteroatoms. The number of carboxylic acid groups (broad SMARTS) is 1. The summed E-state index contributed by atoms with van der Waals surface area (Å²) in [6, 6.07) is 7.33. The van der Waals surface area contributed by atoms with E-state index in [4.69, 9.17) is 5.11 Å². The van der Waals surface area contributed by atoms with Crippen LogP contribution >= 0.6 is 0 Å². The van der Waals surface area contributed by atoms with Crippen molar-refractivity contribution in [1.82, 2.24) is 0 Å². The topological polar surface area (TPSA) is 49.7 Å². The van der Waals surface area contributed by atoms with E-state index < -0.39 is 5.97 Å². The van der Waals surface area contributed by atoms with Crippen molar-refractivity contribution in [3.63, 3.8) is 0 Å². The van der Waals surface area contributed by atoms with Gasteiger partial charge in [-0.05, 0) is 49.6 Å². The van der Waals surface area contributed by atoms with Gasteiger partial charge in [0.25, 0.3) is 0 Å². The van der Waals surface area contributed by atoms with Gasteiger partial charge in [0.05, 0.1) is 11.6 Å². The highest BCUT2D eigenvalue weighted by molar-refractivity contribution is 6.01. The number of carboxylic acids is 1. The second-order valence-electron chi connectivity index (χ2n) is 4.38. The predicted molar refractivity (Wildman–Crippen MR) is 68.6 cm³/mol. The molecule has 1 heterocycles. The average molecular weight is 229 g/mol. The van der Waals surface area contributed by atoms with Gasteiger partial charge in [-0.2, -0.15) is 0 Å². The van der Waals surface area contributed by atoms with E-state index in [0.29, 0.717) is 5.56 Å². The van der Waals surface area contributed by atoms with Crippen molar-refractivity contribution in [3.8, 4) is 0 Å². The number of hydrogen-bond acceptors (Lipinski definition) is 2. The SMILES string of the molecule is CC1=NC(C)CC(c2cccc(C(=O)O)c2)=C1. The molecule has 1 N–H and O–H groups in total. The second kappa shape index (κ2) is 4.53. The summed E-state index contributed by atoms with van der Waals surface area (Å²) >= 11 is 0. The molecule has 3 nitrogen and oxygen atoms in total. The number of carbonyl (C=O) groups is 1. The van der Waals surface area contributed by atoms with E-state index in [9.17, 15) is 4.79 Å². The number of dihydropyridines is 1. The predicted octanol–water partition coefficient (Wildman–Crippen LogP) is 3.02. The Kier molecular flexibility index (Phi) is 3.09. The van der Waals surface area contributed by atoms with E-state index >= 15 is 0 Å². The monoisotopic (exact) mass is 229 g/mol. The van der Waals surface area contributed by atoms with Crippen LogP contribution in [0.2, 0.25) is 0 Å². The molecule has 1 aliphatic rings. The number of rotatable bonds is 2. The Morgan fingerprint density at radius 3 is 2.88 bits per heavy atom. The lowest BCUT2D eigenvalue weighted by atomic mass is 9.94. The zero-order chi connectivity index (χ0) is 12.4. The summed E-state index contributed by atoms with van der Waals surface area (Å²) in [6.07, 6.45) is 2.89. The molecule has 88 valence electrons. The van der Waals surface area contributed by atoms with Crippen LogP contribution in [0.4, 0.5) is 0 Å². The molecule has 0 saturated carbocycles. The molecule has 1 atom stereocenters. The van der Waals surface area contributed by atoms with E-state index in [1.165, 1.54) is 0 Å². The Morgan fingerprint density at radius 1 is 1.47 bits per heavy atom. The molecule has 0 amide bonds. The number of aliphatic imine (C=N–C) groups is 1. The van der Waals surface area contributed by atoms with Gasteiger partial charge < -0.3 is 5.11 Å². The summed E-state index contributed by atoms with van der Waals surface area (Å²) in [5, 5.41) is 8.97. The zero-order valence-corrected chi connectivity index (χ0v) is 9.97. The smallest absolute Gasteiger partial charge is 0.335 e. The molecule has 1 unspecified atom stereocenters. The van der Waals surface area contributed by atoms with Gasteiger partial charge in [0.15, 0.2) is 0 Å². The lowest BCUT2D eigenvalue weighted by Crippen LogP contribution is -2.09. The van der Waals surface area contributed by atoms with Crippen LogP contribution in [0.5, 0.6) is 0 Å². The summed E-state index contributed by atoms with van der Waals surface area (Å²) in [5.74, 6) is -0.887. The summed E-state index contributed by atoms with van der Waals surface area (Å²) in [4.78, 5) is 15.4. The van der Waals surface area contributed by atoms with Crippen LogP contribution in [0.1, 0.15) is 36.2 Å². The lowest BCUT2D eigenvalue weighted by molar-refractivity contribution is 0.0697. The minimum absolute atomic E-state index is 0.267. The fraction of sp³-hybridized carbons (Fsp3) is 0.286. The Labute approximate surface area is 101 Å². The van der Waals surface area contributed by atoms with Gasteiger partial charge in [-0.1, -0.05) is 12.1 Å². The number of hydrogen-bond donors (Lipinski definition) is 1. The molecule has 1 aromatic carbocycles. The van der Waals surface area contributed by atoms with Crippen LogP contribution in [0.15, 0.2) is 35.3 Å². The third-order valence-electron chi connectivity index (χ3n) is 2.80. The molecular weight excluding hydrogens is 214 g/mol. The Morgan fingerprint density at radius 2 is 2.24 bits per heavy atom. The van der Waals surface area contributed by atoms with E-state index in [0.717, 1.165) is 23.3 Å². The van der Waals surface area contributed by atoms with Crippen LogP contribution in [-0.4, -0.2) is 22.8 Å². The van der Waals surface area contributed by atoms with Gasteiger partial charge in [-0.15, -0.1) is 0 Å². The highest BCUT2D eigenvalue weighted by Gasteiger charge is 2.13. The van der Waals surface area contributed by atoms with Crippen molar-refractivity contribution in [2.75, 3.05) is 0 Å². The third kappa shape index (κ3) is 2.61. The molecule has 0 aromatic heterocycles. The molecule has 2 rings (SSSR count). The van der Waals surface area contributed by atoms with Gasteiger partial charge >= 0.3 is 5.97 Å². The quantitative estimate of drug-likeness (QED) is 0.847. The lowest BCUT2D eigenvalue weighted by Gasteiger charge is -2.17. The minimum Gasteiger partial charge on any atom is -0.478 e. The minimum atomic E-state index is -0.887. The molecule has 1 aromatic rings. The van der Waals surface area contributed by atoms with E-state index in [1.807, 2.05) is 19.1 Å². The molecule has 1 aliphatic heterocycles. The van der Waals surface area contributed by atoms with Gasteiger partial charge in [0, 0.05) is 5.71 Å². The summed E-state index contributed by atoms with van der Waals surface area (Å²) in [7, 11) is 0. The first-order chi connectivity index (χ1) is 8.06. The average Bonchev–Trinajstić information content (AvgIpc) is 2.28. The van der Waals surface area contributed by atoms with E-state index in [2.05, 4.69) is 11.9 Å². The van der Waals surface area contributed by atoms with E-state index in [1.54, 1.807) is 18.2 Å². The first-order valence-electron chi connectivity index (χ1n) is 5.65. The molecule has 17 heavy (non-hydrogen) atoms. The Balaban J connectivity index is 2.38. The maximum absolute atomic E-state index is 10.9. The van der Waals surface area contributed by atoms with Crippen LogP contribution in [0, 0.1) is 0 Å². The van der Waals surface area contributed by atoms with Crippen LogP contribution in [0.25, 0.3) is 5.57 Å². The zero-order valence-electron chi connectivity index (χ0n) is 9.97.